The molecule has 2 rings (SSSR count). The quantitative estimate of drug-likeness (QED) is 0.614. The molecule has 0 amide bonds. The summed E-state index contributed by atoms with van der Waals surface area (Å²) in [6.07, 6.45) is 4.10. The third-order valence-corrected chi connectivity index (χ3v) is 7.02. The Balaban J connectivity index is 2.52. The van der Waals surface area contributed by atoms with E-state index >= 15 is 0 Å². The minimum absolute atomic E-state index is 0.0584. The molecule has 0 bridgehead atoms. The summed E-state index contributed by atoms with van der Waals surface area (Å²) in [5.41, 5.74) is -0.761. The van der Waals surface area contributed by atoms with Gasteiger partial charge in [0.25, 0.3) is 0 Å². The van der Waals surface area contributed by atoms with Crippen LogP contribution in [0.25, 0.3) is 0 Å². The van der Waals surface area contributed by atoms with E-state index in [4.69, 9.17) is 4.74 Å². The minimum atomic E-state index is -3.32. The van der Waals surface area contributed by atoms with Crippen molar-refractivity contribution in [2.45, 2.75) is 45.1 Å². The Morgan fingerprint density at radius 1 is 1.00 bits per heavy atom. The second-order valence-corrected chi connectivity index (χ2v) is 12.0. The lowest BCUT2D eigenvalue weighted by Gasteiger charge is -2.43. The molecular weight excluding hydrogens is 388 g/mol. The van der Waals surface area contributed by atoms with Gasteiger partial charge in [0.2, 0.25) is 0 Å². The number of unbranched alkanes of at least 4 members (excludes halogenated alkanes) is 1. The number of fused-ring (bicyclic) bond motifs is 1. The Kier molecular flexibility index (Phi) is 6.73. The van der Waals surface area contributed by atoms with E-state index in [1.807, 2.05) is 6.92 Å². The van der Waals surface area contributed by atoms with Gasteiger partial charge in [-0.25, -0.2) is 16.8 Å². The van der Waals surface area contributed by atoms with Gasteiger partial charge in [0.15, 0.2) is 5.78 Å². The van der Waals surface area contributed by atoms with Crippen molar-refractivity contribution < 1.29 is 26.4 Å². The number of carbonyl (C=O) groups excluding carboxylic acids is 1. The molecule has 1 aromatic rings. The molecule has 0 saturated heterocycles. The van der Waals surface area contributed by atoms with Crippen LogP contribution < -0.4 is 4.74 Å². The fourth-order valence-electron chi connectivity index (χ4n) is 3.57. The maximum Gasteiger partial charge on any atom is 0.176 e. The van der Waals surface area contributed by atoms with Crippen LogP contribution in [0.3, 0.4) is 0 Å². The van der Waals surface area contributed by atoms with Crippen molar-refractivity contribution in [3.63, 3.8) is 0 Å². The number of para-hydroxylation sites is 1. The zero-order valence-corrected chi connectivity index (χ0v) is 17.7. The van der Waals surface area contributed by atoms with Gasteiger partial charge in [-0.2, -0.15) is 0 Å². The van der Waals surface area contributed by atoms with Crippen molar-refractivity contribution in [3.05, 3.63) is 29.8 Å². The predicted octanol–water partition coefficient (Wildman–Crippen LogP) is 2.68. The van der Waals surface area contributed by atoms with Crippen molar-refractivity contribution in [1.29, 1.82) is 0 Å². The van der Waals surface area contributed by atoms with Gasteiger partial charge in [-0.3, -0.25) is 4.79 Å². The Morgan fingerprint density at radius 2 is 1.56 bits per heavy atom. The minimum Gasteiger partial charge on any atom is -0.489 e. The van der Waals surface area contributed by atoms with Gasteiger partial charge < -0.3 is 4.74 Å². The first kappa shape index (κ1) is 21.9. The summed E-state index contributed by atoms with van der Waals surface area (Å²) >= 11 is 0. The molecule has 0 aliphatic carbocycles. The first-order valence-corrected chi connectivity index (χ1v) is 13.3. The van der Waals surface area contributed by atoms with Crippen molar-refractivity contribution >= 4 is 25.5 Å². The van der Waals surface area contributed by atoms with E-state index in [2.05, 4.69) is 0 Å². The monoisotopic (exact) mass is 416 g/mol. The lowest BCUT2D eigenvalue weighted by molar-refractivity contribution is 0.0175. The van der Waals surface area contributed by atoms with Crippen LogP contribution in [-0.4, -0.2) is 52.7 Å². The number of ketones is 1. The molecule has 6 nitrogen and oxygen atoms in total. The third kappa shape index (κ3) is 5.54. The number of carbonyl (C=O) groups is 1. The normalized spacial score (nSPS) is 19.4. The van der Waals surface area contributed by atoms with Gasteiger partial charge in [-0.1, -0.05) is 31.9 Å². The third-order valence-electron chi connectivity index (χ3n) is 5.13. The highest BCUT2D eigenvalue weighted by molar-refractivity contribution is 7.90. The largest absolute Gasteiger partial charge is 0.489 e. The van der Waals surface area contributed by atoms with Crippen LogP contribution in [-0.2, 0) is 19.7 Å². The van der Waals surface area contributed by atoms with Crippen LogP contribution in [0, 0.1) is 5.41 Å². The summed E-state index contributed by atoms with van der Waals surface area (Å²) in [5.74, 6) is -0.0940. The number of rotatable bonds is 9. The van der Waals surface area contributed by atoms with E-state index < -0.39 is 31.2 Å². The van der Waals surface area contributed by atoms with E-state index in [9.17, 15) is 21.6 Å². The molecule has 1 atom stereocenters. The lowest BCUT2D eigenvalue weighted by atomic mass is 9.68. The number of sulfone groups is 2. The number of ether oxygens (including phenoxy) is 1. The van der Waals surface area contributed by atoms with Gasteiger partial charge in [-0.15, -0.1) is 0 Å². The Morgan fingerprint density at radius 3 is 2.07 bits per heavy atom. The second kappa shape index (κ2) is 8.31. The first-order valence-electron chi connectivity index (χ1n) is 9.14. The van der Waals surface area contributed by atoms with E-state index in [1.165, 1.54) is 0 Å². The molecule has 1 aliphatic rings. The fourth-order valence-corrected chi connectivity index (χ4v) is 5.04. The van der Waals surface area contributed by atoms with Gasteiger partial charge in [0.05, 0.1) is 22.5 Å². The molecule has 0 aromatic heterocycles. The molecule has 27 heavy (non-hydrogen) atoms. The Hall–Kier alpha value is -1.41. The molecule has 152 valence electrons. The number of Topliss-reactive ketones (excluding diaryl/α,β-unsaturated/α-hetero) is 1. The second-order valence-electron chi connectivity index (χ2n) is 7.49. The summed E-state index contributed by atoms with van der Waals surface area (Å²) in [6.45, 7) is 2.02. The van der Waals surface area contributed by atoms with E-state index in [0.29, 0.717) is 17.7 Å². The SMILES string of the molecule is CCCCC1Oc2ccccc2C(=O)C1(CCS(C)(=O)=O)CCS(C)(=O)=O. The smallest absolute Gasteiger partial charge is 0.176 e. The van der Waals surface area contributed by atoms with Crippen LogP contribution in [0.1, 0.15) is 49.4 Å². The summed E-state index contributed by atoms with van der Waals surface area (Å²) in [4.78, 5) is 13.5. The van der Waals surface area contributed by atoms with Crippen molar-refractivity contribution in [3.8, 4) is 5.75 Å². The standard InChI is InChI=1S/C19H28O6S2/c1-4-5-10-17-19(11-13-26(2,21)22,12-14-27(3,23)24)18(20)15-8-6-7-9-16(15)25-17/h6-9,17H,4-5,10-14H2,1-3H3. The van der Waals surface area contributed by atoms with Crippen molar-refractivity contribution in [2.24, 2.45) is 5.41 Å². The molecule has 1 aromatic carbocycles. The van der Waals surface area contributed by atoms with Gasteiger partial charge in [-0.05, 0) is 31.4 Å². The van der Waals surface area contributed by atoms with E-state index in [0.717, 1.165) is 25.4 Å². The molecule has 8 heteroatoms. The summed E-state index contributed by atoms with van der Waals surface area (Å²) in [6, 6.07) is 6.89. The highest BCUT2D eigenvalue weighted by atomic mass is 32.2. The highest BCUT2D eigenvalue weighted by Crippen LogP contribution is 2.45. The van der Waals surface area contributed by atoms with E-state index in [-0.39, 0.29) is 30.1 Å². The lowest BCUT2D eigenvalue weighted by Crippen LogP contribution is -2.51. The number of hydrogen-bond donors (Lipinski definition) is 0. The number of hydrogen-bond acceptors (Lipinski definition) is 6. The van der Waals surface area contributed by atoms with Crippen LogP contribution in [0.5, 0.6) is 5.75 Å². The summed E-state index contributed by atoms with van der Waals surface area (Å²) in [5, 5.41) is 0. The maximum atomic E-state index is 13.5. The van der Waals surface area contributed by atoms with Crippen LogP contribution in [0.15, 0.2) is 24.3 Å². The molecular formula is C19H28O6S2. The zero-order valence-electron chi connectivity index (χ0n) is 16.1. The molecule has 1 heterocycles. The van der Waals surface area contributed by atoms with Crippen molar-refractivity contribution in [2.75, 3.05) is 24.0 Å². The average Bonchev–Trinajstić information content (AvgIpc) is 2.57. The first-order chi connectivity index (χ1) is 12.5. The fraction of sp³-hybridized carbons (Fsp3) is 0.632. The molecule has 1 unspecified atom stereocenters. The average molecular weight is 417 g/mol. The maximum absolute atomic E-state index is 13.5. The van der Waals surface area contributed by atoms with E-state index in [1.54, 1.807) is 24.3 Å². The van der Waals surface area contributed by atoms with Gasteiger partial charge >= 0.3 is 0 Å². The van der Waals surface area contributed by atoms with Crippen molar-refractivity contribution in [1.82, 2.24) is 0 Å². The van der Waals surface area contributed by atoms with Gasteiger partial charge in [0.1, 0.15) is 31.5 Å². The molecule has 0 radical (unpaired) electrons. The molecule has 0 N–H and O–H groups in total. The molecule has 1 aliphatic heterocycles. The predicted molar refractivity (Wildman–Crippen MR) is 106 cm³/mol. The highest BCUT2D eigenvalue weighted by Gasteiger charge is 2.51. The summed E-state index contributed by atoms with van der Waals surface area (Å²) < 4.78 is 53.4. The molecule has 0 spiro atoms. The molecule has 0 saturated carbocycles. The van der Waals surface area contributed by atoms with Crippen LogP contribution >= 0.6 is 0 Å². The summed E-state index contributed by atoms with van der Waals surface area (Å²) in [7, 11) is -6.63. The van der Waals surface area contributed by atoms with Crippen LogP contribution in [0.4, 0.5) is 0 Å². The Bertz CT molecular complexity index is 851. The van der Waals surface area contributed by atoms with Gasteiger partial charge in [0, 0.05) is 12.5 Å². The topological polar surface area (TPSA) is 94.6 Å². The Labute approximate surface area is 162 Å². The number of benzene rings is 1. The molecule has 0 fully saturated rings. The zero-order chi connectivity index (χ0) is 20.3. The van der Waals surface area contributed by atoms with Crippen LogP contribution in [0.2, 0.25) is 0 Å².